The van der Waals surface area contributed by atoms with Gasteiger partial charge in [-0.3, -0.25) is 24.0 Å². The molecule has 0 saturated carbocycles. The minimum absolute atomic E-state index is 0.102. The quantitative estimate of drug-likeness (QED) is 0.0412. The smallest absolute Gasteiger partial charge is 0.326 e. The number of rotatable bonds is 25. The third-order valence-electron chi connectivity index (χ3n) is 7.07. The number of carboxylic acid groups (broad SMARTS) is 1. The number of carbonyl (C=O) groups is 6. The fraction of sp³-hybridized carbons (Fsp3) is 0.786. The predicted octanol–water partition coefficient (Wildman–Crippen LogP) is -4.40. The van der Waals surface area contributed by atoms with Gasteiger partial charge < -0.3 is 64.8 Å². The van der Waals surface area contributed by atoms with Gasteiger partial charge in [-0.2, -0.15) is 0 Å². The lowest BCUT2D eigenvalue weighted by atomic mass is 10.0. The maximum absolute atomic E-state index is 13.3. The summed E-state index contributed by atoms with van der Waals surface area (Å²) in [6.45, 7) is 2.95. The van der Waals surface area contributed by atoms with Gasteiger partial charge in [0.15, 0.2) is 0 Å². The number of unbranched alkanes of at least 4 members (excludes halogenated alkanes) is 3. The second-order valence-electron chi connectivity index (χ2n) is 11.1. The van der Waals surface area contributed by atoms with Crippen molar-refractivity contribution >= 4 is 35.5 Å². The Morgan fingerprint density at radius 1 is 0.587 bits per heavy atom. The summed E-state index contributed by atoms with van der Waals surface area (Å²) >= 11 is 0. The van der Waals surface area contributed by atoms with E-state index in [2.05, 4.69) is 26.6 Å². The molecule has 46 heavy (non-hydrogen) atoms. The largest absolute Gasteiger partial charge is 0.480 e. The van der Waals surface area contributed by atoms with Crippen LogP contribution in [-0.4, -0.2) is 119 Å². The number of carbonyl (C=O) groups excluding carboxylic acids is 5. The first kappa shape index (κ1) is 42.6. The lowest BCUT2D eigenvalue weighted by Gasteiger charge is -2.28. The third kappa shape index (κ3) is 16.8. The monoisotopic (exact) mass is 661 g/mol. The molecule has 0 bridgehead atoms. The highest BCUT2D eigenvalue weighted by molar-refractivity contribution is 5.96. The lowest BCUT2D eigenvalue weighted by molar-refractivity contribution is -0.142. The molecule has 0 aromatic carbocycles. The first-order valence-corrected chi connectivity index (χ1v) is 15.6. The van der Waals surface area contributed by atoms with Crippen LogP contribution in [0.2, 0.25) is 0 Å². The molecule has 0 saturated heterocycles. The first-order valence-electron chi connectivity index (χ1n) is 15.6. The number of nitrogens with two attached hydrogens (primary N) is 4. The molecule has 0 radical (unpaired) electrons. The molecule has 16 N–H and O–H groups in total. The second-order valence-corrected chi connectivity index (χ2v) is 11.1. The van der Waals surface area contributed by atoms with Crippen molar-refractivity contribution in [3.05, 3.63) is 0 Å². The van der Waals surface area contributed by atoms with E-state index < -0.39 is 84.5 Å². The average Bonchev–Trinajstić information content (AvgIpc) is 3.01. The van der Waals surface area contributed by atoms with E-state index >= 15 is 0 Å². The number of hydrogen-bond donors (Lipinski definition) is 12. The number of amides is 5. The summed E-state index contributed by atoms with van der Waals surface area (Å²) in [6.07, 6.45) is 1.76. The van der Waals surface area contributed by atoms with E-state index in [-0.39, 0.29) is 19.3 Å². The van der Waals surface area contributed by atoms with Crippen LogP contribution in [0.25, 0.3) is 0 Å². The van der Waals surface area contributed by atoms with E-state index in [1.807, 2.05) is 0 Å². The van der Waals surface area contributed by atoms with Crippen LogP contribution >= 0.6 is 0 Å². The number of aliphatic hydroxyl groups is 2. The van der Waals surface area contributed by atoms with Gasteiger partial charge in [0.2, 0.25) is 29.5 Å². The predicted molar refractivity (Wildman–Crippen MR) is 168 cm³/mol. The molecule has 0 spiro atoms. The summed E-state index contributed by atoms with van der Waals surface area (Å²) in [7, 11) is 0. The zero-order valence-electron chi connectivity index (χ0n) is 26.8. The number of aliphatic carboxylic acids is 1. The van der Waals surface area contributed by atoms with E-state index in [1.165, 1.54) is 13.8 Å². The van der Waals surface area contributed by atoms with Crippen molar-refractivity contribution in [2.45, 2.75) is 114 Å². The van der Waals surface area contributed by atoms with Gasteiger partial charge in [0, 0.05) is 0 Å². The highest BCUT2D eigenvalue weighted by atomic mass is 16.4. The second kappa shape index (κ2) is 23.9. The summed E-state index contributed by atoms with van der Waals surface area (Å²) in [4.78, 5) is 76.2. The fourth-order valence-corrected chi connectivity index (χ4v) is 4.23. The van der Waals surface area contributed by atoms with Gasteiger partial charge in [0.1, 0.15) is 36.3 Å². The van der Waals surface area contributed by atoms with E-state index in [1.54, 1.807) is 0 Å². The normalized spacial score (nSPS) is 15.7. The highest BCUT2D eigenvalue weighted by Crippen LogP contribution is 2.08. The molecule has 18 heteroatoms. The fourth-order valence-electron chi connectivity index (χ4n) is 4.23. The van der Waals surface area contributed by atoms with E-state index in [0.29, 0.717) is 58.2 Å². The van der Waals surface area contributed by atoms with Crippen LogP contribution in [0.3, 0.4) is 0 Å². The maximum Gasteiger partial charge on any atom is 0.326 e. The molecule has 0 aromatic heterocycles. The summed E-state index contributed by atoms with van der Waals surface area (Å²) in [5.41, 5.74) is 22.1. The van der Waals surface area contributed by atoms with Gasteiger partial charge in [-0.05, 0) is 91.3 Å². The van der Waals surface area contributed by atoms with Crippen LogP contribution in [0.4, 0.5) is 0 Å². The Bertz CT molecular complexity index is 971. The van der Waals surface area contributed by atoms with E-state index in [0.717, 1.165) is 0 Å². The van der Waals surface area contributed by atoms with Crippen LogP contribution in [0.1, 0.15) is 71.6 Å². The molecule has 18 nitrogen and oxygen atoms in total. The van der Waals surface area contributed by atoms with Crippen LogP contribution in [-0.2, 0) is 28.8 Å². The molecule has 0 rings (SSSR count). The number of nitrogens with one attached hydrogen (secondary N) is 5. The van der Waals surface area contributed by atoms with Gasteiger partial charge in [0.25, 0.3) is 0 Å². The lowest BCUT2D eigenvalue weighted by Crippen LogP contribution is -2.61. The Kier molecular flexibility index (Phi) is 22.1. The maximum atomic E-state index is 13.3. The summed E-state index contributed by atoms with van der Waals surface area (Å²) in [5, 5.41) is 41.2. The van der Waals surface area contributed by atoms with Crippen molar-refractivity contribution in [3.8, 4) is 0 Å². The molecule has 0 heterocycles. The van der Waals surface area contributed by atoms with Gasteiger partial charge in [-0.15, -0.1) is 0 Å². The highest BCUT2D eigenvalue weighted by Gasteiger charge is 2.33. The summed E-state index contributed by atoms with van der Waals surface area (Å²) < 4.78 is 0. The van der Waals surface area contributed by atoms with Crippen LogP contribution in [0.15, 0.2) is 0 Å². The molecule has 0 aliphatic rings. The number of aliphatic hydroxyl groups excluding tert-OH is 2. The Morgan fingerprint density at radius 3 is 1.41 bits per heavy atom. The minimum Gasteiger partial charge on any atom is -0.480 e. The van der Waals surface area contributed by atoms with Gasteiger partial charge in [-0.1, -0.05) is 0 Å². The standard InChI is InChI=1S/C28H55N9O9/c1-16(33-24(41)18(32)15-38)23(40)34-20(10-4-7-13-30)26(43)37-22(17(2)39)27(44)35-19(9-3-6-12-29)25(42)36-21(28(45)46)11-5-8-14-31/h16-22,38-39H,3-15,29-32H2,1-2H3,(H,33,41)(H,34,40)(H,35,44)(H,36,42)(H,37,43)(H,45,46)/t16-,17+,18-,19-,20-,21-,22-/m0/s1. The topological polar surface area (TPSA) is 327 Å². The molecule has 266 valence electrons. The minimum atomic E-state index is -1.56. The van der Waals surface area contributed by atoms with Crippen molar-refractivity contribution < 1.29 is 44.1 Å². The molecule has 7 atom stereocenters. The van der Waals surface area contributed by atoms with E-state index in [4.69, 9.17) is 28.0 Å². The SMILES string of the molecule is C[C@H](NC(=O)[C@@H](N)CO)C(=O)N[C@@H](CCCCN)C(=O)N[C@H](C(=O)N[C@@H](CCCCN)C(=O)N[C@@H](CCCCN)C(=O)O)[C@@H](C)O. The Hall–Kier alpha value is -3.42. The summed E-state index contributed by atoms with van der Waals surface area (Å²) in [5.74, 6) is -5.29. The van der Waals surface area contributed by atoms with Crippen LogP contribution < -0.4 is 49.5 Å². The molecule has 0 aliphatic carbocycles. The first-order chi connectivity index (χ1) is 21.7. The molecular formula is C28H55N9O9. The third-order valence-corrected chi connectivity index (χ3v) is 7.07. The van der Waals surface area contributed by atoms with Crippen molar-refractivity contribution in [3.63, 3.8) is 0 Å². The van der Waals surface area contributed by atoms with Crippen molar-refractivity contribution in [2.75, 3.05) is 26.2 Å². The molecular weight excluding hydrogens is 606 g/mol. The van der Waals surface area contributed by atoms with E-state index in [9.17, 15) is 39.0 Å². The molecule has 0 unspecified atom stereocenters. The van der Waals surface area contributed by atoms with Crippen molar-refractivity contribution in [2.24, 2.45) is 22.9 Å². The van der Waals surface area contributed by atoms with Gasteiger partial charge in [-0.25, -0.2) is 4.79 Å². The molecule has 5 amide bonds. The molecule has 0 aromatic rings. The number of hydrogen-bond acceptors (Lipinski definition) is 12. The molecule has 0 aliphatic heterocycles. The Balaban J connectivity index is 5.82. The van der Waals surface area contributed by atoms with Crippen molar-refractivity contribution in [1.29, 1.82) is 0 Å². The zero-order chi connectivity index (χ0) is 35.2. The Labute approximate surface area is 269 Å². The van der Waals surface area contributed by atoms with Crippen LogP contribution in [0.5, 0.6) is 0 Å². The van der Waals surface area contributed by atoms with Gasteiger partial charge in [0.05, 0.1) is 12.7 Å². The van der Waals surface area contributed by atoms with Crippen LogP contribution in [0, 0.1) is 0 Å². The summed E-state index contributed by atoms with van der Waals surface area (Å²) in [6, 6.07) is -7.58. The van der Waals surface area contributed by atoms with Gasteiger partial charge >= 0.3 is 5.97 Å². The molecule has 0 fully saturated rings. The number of carboxylic acids is 1. The average molecular weight is 662 g/mol. The van der Waals surface area contributed by atoms with Crippen molar-refractivity contribution in [1.82, 2.24) is 26.6 Å². The zero-order valence-corrected chi connectivity index (χ0v) is 26.8. The Morgan fingerprint density at radius 2 is 1.00 bits per heavy atom.